The maximum absolute atomic E-state index is 13.7. The van der Waals surface area contributed by atoms with Gasteiger partial charge in [-0.15, -0.1) is 4.91 Å². The number of halogens is 1. The monoisotopic (exact) mass is 467 g/mol. The summed E-state index contributed by atoms with van der Waals surface area (Å²) in [6.07, 6.45) is 3.53. The molecule has 0 fully saturated rings. The summed E-state index contributed by atoms with van der Waals surface area (Å²) < 4.78 is 15.8. The van der Waals surface area contributed by atoms with Crippen molar-refractivity contribution in [2.75, 3.05) is 0 Å². The highest BCUT2D eigenvalue weighted by Gasteiger charge is 2.23. The van der Waals surface area contributed by atoms with E-state index in [1.54, 1.807) is 12.4 Å². The second-order valence-corrected chi connectivity index (χ2v) is 8.62. The number of nitroso groups, excluding NO2 is 1. The zero-order chi connectivity index (χ0) is 24.7. The molecule has 9 heteroatoms. The number of aromatic nitrogens is 2. The van der Waals surface area contributed by atoms with Crippen molar-refractivity contribution in [2.24, 2.45) is 5.18 Å². The molecule has 0 atom stereocenters. The summed E-state index contributed by atoms with van der Waals surface area (Å²) in [5.41, 5.74) is 6.70. The van der Waals surface area contributed by atoms with Crippen molar-refractivity contribution >= 4 is 11.6 Å². The zero-order valence-electron chi connectivity index (χ0n) is 19.8. The van der Waals surface area contributed by atoms with E-state index in [9.17, 15) is 14.1 Å². The lowest BCUT2D eigenvalue weighted by atomic mass is 10.0. The first-order valence-electron chi connectivity index (χ1n) is 11.2. The van der Waals surface area contributed by atoms with Gasteiger partial charge < -0.3 is 9.88 Å². The molecule has 0 aliphatic rings. The van der Waals surface area contributed by atoms with E-state index in [4.69, 9.17) is 4.84 Å². The molecular formula is C25H30FN5O3. The van der Waals surface area contributed by atoms with Gasteiger partial charge in [0.1, 0.15) is 11.5 Å². The number of amides is 1. The van der Waals surface area contributed by atoms with E-state index in [0.29, 0.717) is 24.2 Å². The molecule has 8 nitrogen and oxygen atoms in total. The van der Waals surface area contributed by atoms with Crippen molar-refractivity contribution in [3.8, 4) is 0 Å². The molecule has 180 valence electrons. The fraction of sp³-hybridized carbons (Fsp3) is 0.360. The van der Waals surface area contributed by atoms with Gasteiger partial charge in [-0.05, 0) is 60.3 Å². The molecule has 0 unspecified atom stereocenters. The lowest BCUT2D eigenvalue weighted by Gasteiger charge is -2.18. The van der Waals surface area contributed by atoms with Crippen molar-refractivity contribution in [1.29, 1.82) is 0 Å². The molecule has 3 aromatic rings. The SMILES string of the molecule is CC(C)ONCc1cc(C(=O)NCc2cc(F)cc(N=O)c2)c(C(C)C)n1Cc1cccnc1. The van der Waals surface area contributed by atoms with Crippen LogP contribution in [0.25, 0.3) is 0 Å². The van der Waals surface area contributed by atoms with Gasteiger partial charge >= 0.3 is 0 Å². The second-order valence-electron chi connectivity index (χ2n) is 8.62. The first kappa shape index (κ1) is 25.2. The molecule has 3 rings (SSSR count). The van der Waals surface area contributed by atoms with Gasteiger partial charge in [0.15, 0.2) is 0 Å². The standard InChI is InChI=1S/C25H30FN5O3/c1-16(2)24-23(25(32)28-13-19-8-20(26)10-21(9-19)30-33)11-22(14-29-34-17(3)4)31(24)15-18-6-5-7-27-12-18/h5-12,16-17,29H,13-15H2,1-4H3,(H,28,32). The molecule has 2 heterocycles. The summed E-state index contributed by atoms with van der Waals surface area (Å²) in [6.45, 7) is 8.93. The first-order chi connectivity index (χ1) is 16.3. The minimum Gasteiger partial charge on any atom is -0.348 e. The molecule has 34 heavy (non-hydrogen) atoms. The van der Waals surface area contributed by atoms with Crippen molar-refractivity contribution in [3.63, 3.8) is 0 Å². The fourth-order valence-electron chi connectivity index (χ4n) is 3.78. The molecule has 0 saturated heterocycles. The van der Waals surface area contributed by atoms with Crippen LogP contribution in [0.5, 0.6) is 0 Å². The summed E-state index contributed by atoms with van der Waals surface area (Å²) in [6, 6.07) is 9.48. The Morgan fingerprint density at radius 3 is 2.59 bits per heavy atom. The van der Waals surface area contributed by atoms with Crippen LogP contribution in [0, 0.1) is 10.7 Å². The van der Waals surface area contributed by atoms with Gasteiger partial charge in [-0.3, -0.25) is 14.6 Å². The first-order valence-corrected chi connectivity index (χ1v) is 11.2. The number of benzene rings is 1. The van der Waals surface area contributed by atoms with Gasteiger partial charge in [-0.25, -0.2) is 4.39 Å². The van der Waals surface area contributed by atoms with E-state index in [-0.39, 0.29) is 30.2 Å². The molecule has 1 amide bonds. The predicted molar refractivity (Wildman–Crippen MR) is 128 cm³/mol. The van der Waals surface area contributed by atoms with Crippen LogP contribution in [-0.2, 0) is 24.5 Å². The van der Waals surface area contributed by atoms with Crippen molar-refractivity contribution in [1.82, 2.24) is 20.3 Å². The maximum atomic E-state index is 13.7. The molecule has 0 saturated carbocycles. The van der Waals surface area contributed by atoms with Gasteiger partial charge in [0, 0.05) is 42.9 Å². The van der Waals surface area contributed by atoms with Crippen LogP contribution in [0.2, 0.25) is 0 Å². The molecule has 0 spiro atoms. The number of nitrogens with one attached hydrogen (secondary N) is 2. The van der Waals surface area contributed by atoms with E-state index >= 15 is 0 Å². The molecule has 0 bridgehead atoms. The average molecular weight is 468 g/mol. The third-order valence-corrected chi connectivity index (χ3v) is 5.15. The smallest absolute Gasteiger partial charge is 0.253 e. The Hall–Kier alpha value is -3.43. The summed E-state index contributed by atoms with van der Waals surface area (Å²) in [4.78, 5) is 33.7. The van der Waals surface area contributed by atoms with Crippen LogP contribution in [0.3, 0.4) is 0 Å². The van der Waals surface area contributed by atoms with Crippen LogP contribution in [0.1, 0.15) is 66.5 Å². The molecule has 2 N–H and O–H groups in total. The number of pyridine rings is 1. The molecule has 0 aliphatic carbocycles. The predicted octanol–water partition coefficient (Wildman–Crippen LogP) is 4.95. The lowest BCUT2D eigenvalue weighted by Crippen LogP contribution is -2.24. The third-order valence-electron chi connectivity index (χ3n) is 5.15. The van der Waals surface area contributed by atoms with E-state index in [1.807, 2.05) is 45.9 Å². The van der Waals surface area contributed by atoms with Crippen LogP contribution < -0.4 is 10.8 Å². The van der Waals surface area contributed by atoms with E-state index in [1.165, 1.54) is 12.1 Å². The number of hydrogen-bond donors (Lipinski definition) is 2. The summed E-state index contributed by atoms with van der Waals surface area (Å²) in [5.74, 6) is -0.813. The number of carbonyl (C=O) groups excluding carboxylic acids is 1. The Labute approximate surface area is 198 Å². The lowest BCUT2D eigenvalue weighted by molar-refractivity contribution is -0.00980. The normalized spacial score (nSPS) is 11.3. The van der Waals surface area contributed by atoms with Crippen molar-refractivity contribution in [2.45, 2.75) is 59.4 Å². The van der Waals surface area contributed by atoms with Gasteiger partial charge in [0.05, 0.1) is 18.2 Å². The van der Waals surface area contributed by atoms with E-state index < -0.39 is 5.82 Å². The minimum atomic E-state index is -0.578. The largest absolute Gasteiger partial charge is 0.348 e. The topological polar surface area (TPSA) is 97.6 Å². The van der Waals surface area contributed by atoms with E-state index in [2.05, 4.69) is 25.5 Å². The Morgan fingerprint density at radius 2 is 1.94 bits per heavy atom. The highest BCUT2D eigenvalue weighted by atomic mass is 19.1. The molecule has 1 aromatic carbocycles. The number of hydrogen-bond acceptors (Lipinski definition) is 6. The number of hydroxylamine groups is 1. The minimum absolute atomic E-state index is 0.00564. The molecule has 2 aromatic heterocycles. The number of nitrogens with zero attached hydrogens (tertiary/aromatic N) is 3. The quantitative estimate of drug-likeness (QED) is 0.307. The Bertz CT molecular complexity index is 1130. The number of carbonyl (C=O) groups is 1. The Kier molecular flexibility index (Phi) is 8.61. The van der Waals surface area contributed by atoms with Crippen LogP contribution in [-0.4, -0.2) is 21.6 Å². The van der Waals surface area contributed by atoms with Crippen LogP contribution in [0.15, 0.2) is 54.0 Å². The van der Waals surface area contributed by atoms with Gasteiger partial charge in [-0.1, -0.05) is 19.9 Å². The molecule has 0 radical (unpaired) electrons. The van der Waals surface area contributed by atoms with Crippen LogP contribution >= 0.6 is 0 Å². The summed E-state index contributed by atoms with van der Waals surface area (Å²) >= 11 is 0. The van der Waals surface area contributed by atoms with Gasteiger partial charge in [0.2, 0.25) is 0 Å². The summed E-state index contributed by atoms with van der Waals surface area (Å²) in [5, 5.41) is 5.62. The number of rotatable bonds is 11. The molecular weight excluding hydrogens is 437 g/mol. The third kappa shape index (κ3) is 6.55. The summed E-state index contributed by atoms with van der Waals surface area (Å²) in [7, 11) is 0. The van der Waals surface area contributed by atoms with Crippen molar-refractivity contribution < 1.29 is 14.0 Å². The highest BCUT2D eigenvalue weighted by Crippen LogP contribution is 2.26. The highest BCUT2D eigenvalue weighted by molar-refractivity contribution is 5.96. The molecule has 0 aliphatic heterocycles. The van der Waals surface area contributed by atoms with Gasteiger partial charge in [-0.2, -0.15) is 5.48 Å². The fourth-order valence-corrected chi connectivity index (χ4v) is 3.78. The maximum Gasteiger partial charge on any atom is 0.253 e. The second kappa shape index (κ2) is 11.6. The van der Waals surface area contributed by atoms with Crippen LogP contribution in [0.4, 0.5) is 10.1 Å². The Balaban J connectivity index is 1.90. The zero-order valence-corrected chi connectivity index (χ0v) is 19.8. The van der Waals surface area contributed by atoms with Crippen molar-refractivity contribution in [3.05, 3.63) is 87.6 Å². The van der Waals surface area contributed by atoms with Gasteiger partial charge in [0.25, 0.3) is 5.91 Å². The Morgan fingerprint density at radius 1 is 1.15 bits per heavy atom. The van der Waals surface area contributed by atoms with E-state index in [0.717, 1.165) is 23.0 Å². The average Bonchev–Trinajstić information content (AvgIpc) is 3.16.